The van der Waals surface area contributed by atoms with Crippen molar-refractivity contribution in [2.75, 3.05) is 11.9 Å². The van der Waals surface area contributed by atoms with Crippen molar-refractivity contribution in [2.45, 2.75) is 26.8 Å². The number of hydrogen-bond acceptors (Lipinski definition) is 5. The average molecular weight is 280 g/mol. The molecule has 0 unspecified atom stereocenters. The number of aromatic amines is 1. The highest BCUT2D eigenvalue weighted by Crippen LogP contribution is 2.18. The Hall–Kier alpha value is -1.89. The molecule has 0 aliphatic carbocycles. The lowest BCUT2D eigenvalue weighted by Crippen LogP contribution is -2.31. The summed E-state index contributed by atoms with van der Waals surface area (Å²) in [5, 5.41) is 3.96. The fourth-order valence-electron chi connectivity index (χ4n) is 1.71. The summed E-state index contributed by atoms with van der Waals surface area (Å²) >= 11 is 1.50. The third-order valence-electron chi connectivity index (χ3n) is 2.67. The topological polar surface area (TPSA) is 79.8 Å². The van der Waals surface area contributed by atoms with Crippen LogP contribution in [0.25, 0.3) is 0 Å². The van der Waals surface area contributed by atoms with Gasteiger partial charge in [0.1, 0.15) is 0 Å². The largest absolute Gasteiger partial charge is 0.362 e. The van der Waals surface area contributed by atoms with Crippen molar-refractivity contribution in [3.05, 3.63) is 43.7 Å². The van der Waals surface area contributed by atoms with Crippen LogP contribution in [0.1, 0.15) is 24.3 Å². The Morgan fingerprint density at radius 2 is 2.21 bits per heavy atom. The van der Waals surface area contributed by atoms with Crippen molar-refractivity contribution >= 4 is 16.5 Å². The van der Waals surface area contributed by atoms with Gasteiger partial charge in [-0.2, -0.15) is 0 Å². The second-order valence-corrected chi connectivity index (χ2v) is 5.17. The zero-order valence-corrected chi connectivity index (χ0v) is 11.7. The van der Waals surface area contributed by atoms with Crippen LogP contribution < -0.4 is 16.6 Å². The molecule has 2 aromatic rings. The second kappa shape index (κ2) is 5.83. The highest BCUT2D eigenvalue weighted by Gasteiger charge is 2.06. The molecule has 0 aromatic carbocycles. The van der Waals surface area contributed by atoms with Crippen LogP contribution in [0.15, 0.2) is 22.0 Å². The molecule has 0 aliphatic rings. The predicted octanol–water partition coefficient (Wildman–Crippen LogP) is 1.04. The molecule has 0 saturated heterocycles. The molecule has 0 aliphatic heterocycles. The first-order valence-electron chi connectivity index (χ1n) is 6.15. The normalized spacial score (nSPS) is 10.6. The fourth-order valence-corrected chi connectivity index (χ4v) is 2.58. The van der Waals surface area contributed by atoms with E-state index in [1.165, 1.54) is 15.9 Å². The molecule has 6 nitrogen and oxygen atoms in total. The maximum absolute atomic E-state index is 11.7. The van der Waals surface area contributed by atoms with E-state index in [9.17, 15) is 9.59 Å². The molecular formula is C12H16N4O2S. The smallest absolute Gasteiger partial charge is 0.328 e. The summed E-state index contributed by atoms with van der Waals surface area (Å²) in [4.78, 5) is 30.7. The number of H-pyrrole nitrogens is 1. The highest BCUT2D eigenvalue weighted by molar-refractivity contribution is 7.15. The Labute approximate surface area is 114 Å². The summed E-state index contributed by atoms with van der Waals surface area (Å²) < 4.78 is 1.50. The van der Waals surface area contributed by atoms with Crippen LogP contribution >= 0.6 is 11.3 Å². The molecule has 2 aromatic heterocycles. The summed E-state index contributed by atoms with van der Waals surface area (Å²) in [6.07, 6.45) is 3.96. The van der Waals surface area contributed by atoms with E-state index < -0.39 is 0 Å². The number of aryl methyl sites for hydroxylation is 1. The number of nitrogens with one attached hydrogen (secondary N) is 2. The standard InChI is InChI=1S/C12H16N4O2S/c1-3-8-6-16(12(18)15-10(8)17)7-9-5-14-11(19-9)13-4-2/h5-6H,3-4,7H2,1-2H3,(H,13,14)(H,15,17,18). The Kier molecular flexibility index (Phi) is 4.16. The van der Waals surface area contributed by atoms with E-state index in [0.29, 0.717) is 18.5 Å². The van der Waals surface area contributed by atoms with E-state index in [-0.39, 0.29) is 11.2 Å². The molecule has 0 saturated carbocycles. The van der Waals surface area contributed by atoms with Crippen LogP contribution in [-0.4, -0.2) is 21.1 Å². The maximum atomic E-state index is 11.7. The van der Waals surface area contributed by atoms with Gasteiger partial charge in [-0.25, -0.2) is 9.78 Å². The number of thiazole rings is 1. The van der Waals surface area contributed by atoms with Crippen molar-refractivity contribution in [2.24, 2.45) is 0 Å². The van der Waals surface area contributed by atoms with Crippen LogP contribution in [0.2, 0.25) is 0 Å². The van der Waals surface area contributed by atoms with E-state index >= 15 is 0 Å². The Balaban J connectivity index is 2.27. The molecule has 0 atom stereocenters. The third kappa shape index (κ3) is 3.11. The minimum atomic E-state index is -0.388. The van der Waals surface area contributed by atoms with E-state index in [4.69, 9.17) is 0 Å². The van der Waals surface area contributed by atoms with Gasteiger partial charge in [-0.05, 0) is 13.3 Å². The maximum Gasteiger partial charge on any atom is 0.328 e. The molecule has 7 heteroatoms. The molecule has 2 rings (SSSR count). The number of anilines is 1. The van der Waals surface area contributed by atoms with Crippen molar-refractivity contribution < 1.29 is 0 Å². The van der Waals surface area contributed by atoms with Crippen molar-refractivity contribution in [1.29, 1.82) is 0 Å². The van der Waals surface area contributed by atoms with Gasteiger partial charge in [0.25, 0.3) is 5.56 Å². The van der Waals surface area contributed by atoms with Gasteiger partial charge < -0.3 is 5.32 Å². The van der Waals surface area contributed by atoms with E-state index in [2.05, 4.69) is 15.3 Å². The van der Waals surface area contributed by atoms with Crippen molar-refractivity contribution in [3.63, 3.8) is 0 Å². The lowest BCUT2D eigenvalue weighted by Gasteiger charge is -2.04. The van der Waals surface area contributed by atoms with Gasteiger partial charge in [0.05, 0.1) is 6.54 Å². The van der Waals surface area contributed by atoms with Gasteiger partial charge in [0, 0.05) is 29.4 Å². The summed E-state index contributed by atoms with van der Waals surface area (Å²) in [5.74, 6) is 0. The summed E-state index contributed by atoms with van der Waals surface area (Å²) in [6, 6.07) is 0. The monoisotopic (exact) mass is 280 g/mol. The van der Waals surface area contributed by atoms with Crippen LogP contribution in [0, 0.1) is 0 Å². The van der Waals surface area contributed by atoms with Crippen LogP contribution in [0.5, 0.6) is 0 Å². The number of nitrogens with zero attached hydrogens (tertiary/aromatic N) is 2. The zero-order valence-electron chi connectivity index (χ0n) is 10.9. The van der Waals surface area contributed by atoms with Gasteiger partial charge in [-0.15, -0.1) is 11.3 Å². The van der Waals surface area contributed by atoms with Crippen LogP contribution in [-0.2, 0) is 13.0 Å². The minimum absolute atomic E-state index is 0.304. The average Bonchev–Trinajstić information content (AvgIpc) is 2.81. The molecule has 0 amide bonds. The first kappa shape index (κ1) is 13.5. The minimum Gasteiger partial charge on any atom is -0.362 e. The summed E-state index contributed by atoms with van der Waals surface area (Å²) in [7, 11) is 0. The second-order valence-electron chi connectivity index (χ2n) is 4.06. The first-order chi connectivity index (χ1) is 9.13. The van der Waals surface area contributed by atoms with Gasteiger partial charge in [-0.1, -0.05) is 6.92 Å². The molecule has 0 fully saturated rings. The van der Waals surface area contributed by atoms with E-state index in [1.54, 1.807) is 12.4 Å². The fraction of sp³-hybridized carbons (Fsp3) is 0.417. The Morgan fingerprint density at radius 3 is 2.89 bits per heavy atom. The molecule has 102 valence electrons. The lowest BCUT2D eigenvalue weighted by atomic mass is 10.2. The van der Waals surface area contributed by atoms with Crippen molar-refractivity contribution in [3.8, 4) is 0 Å². The summed E-state index contributed by atoms with van der Waals surface area (Å²) in [5.41, 5.74) is -0.0852. The molecular weight excluding hydrogens is 264 g/mol. The van der Waals surface area contributed by atoms with E-state index in [0.717, 1.165) is 16.6 Å². The van der Waals surface area contributed by atoms with Gasteiger partial charge in [-0.3, -0.25) is 14.3 Å². The SMILES string of the molecule is CCNc1ncc(Cn2cc(CC)c(=O)[nH]c2=O)s1. The zero-order chi connectivity index (χ0) is 13.8. The summed E-state index contributed by atoms with van der Waals surface area (Å²) in [6.45, 7) is 5.12. The van der Waals surface area contributed by atoms with Crippen LogP contribution in [0.3, 0.4) is 0 Å². The molecule has 19 heavy (non-hydrogen) atoms. The van der Waals surface area contributed by atoms with E-state index in [1.807, 2.05) is 13.8 Å². The quantitative estimate of drug-likeness (QED) is 0.857. The van der Waals surface area contributed by atoms with Crippen molar-refractivity contribution in [1.82, 2.24) is 14.5 Å². The number of aromatic nitrogens is 3. The molecule has 0 bridgehead atoms. The number of rotatable bonds is 5. The third-order valence-corrected chi connectivity index (χ3v) is 3.61. The molecule has 2 heterocycles. The van der Waals surface area contributed by atoms with Crippen LogP contribution in [0.4, 0.5) is 5.13 Å². The molecule has 2 N–H and O–H groups in total. The first-order valence-corrected chi connectivity index (χ1v) is 6.97. The molecule has 0 spiro atoms. The van der Waals surface area contributed by atoms with Gasteiger partial charge in [0.2, 0.25) is 0 Å². The number of hydrogen-bond donors (Lipinski definition) is 2. The highest BCUT2D eigenvalue weighted by atomic mass is 32.1. The molecule has 0 radical (unpaired) electrons. The Bertz CT molecular complexity index is 671. The Morgan fingerprint density at radius 1 is 1.42 bits per heavy atom. The van der Waals surface area contributed by atoms with Gasteiger partial charge in [0.15, 0.2) is 5.13 Å². The lowest BCUT2D eigenvalue weighted by molar-refractivity contribution is 0.714. The predicted molar refractivity (Wildman–Crippen MR) is 76.1 cm³/mol. The van der Waals surface area contributed by atoms with Gasteiger partial charge >= 0.3 is 5.69 Å².